The molecule has 0 unspecified atom stereocenters. The molecule has 0 saturated carbocycles. The molecule has 0 aliphatic carbocycles. The fourth-order valence-corrected chi connectivity index (χ4v) is 1.82. The van der Waals surface area contributed by atoms with Crippen LogP contribution in [0, 0.1) is 0 Å². The Morgan fingerprint density at radius 1 is 1.43 bits per heavy atom. The minimum Gasteiger partial charge on any atom is -0.396 e. The van der Waals surface area contributed by atoms with Gasteiger partial charge < -0.3 is 11.1 Å². The van der Waals surface area contributed by atoms with Crippen LogP contribution in [0.5, 0.6) is 0 Å². The van der Waals surface area contributed by atoms with Gasteiger partial charge in [0, 0.05) is 6.54 Å². The number of rotatable bonds is 3. The quantitative estimate of drug-likeness (QED) is 0.633. The summed E-state index contributed by atoms with van der Waals surface area (Å²) in [5.41, 5.74) is 6.38. The number of hydrogen-bond acceptors (Lipinski definition) is 4. The maximum absolute atomic E-state index is 11.1. The van der Waals surface area contributed by atoms with E-state index in [1.54, 1.807) is 12.1 Å². The van der Waals surface area contributed by atoms with Crippen molar-refractivity contribution in [3.05, 3.63) is 18.2 Å². The summed E-state index contributed by atoms with van der Waals surface area (Å²) in [4.78, 5) is -0.0454. The van der Waals surface area contributed by atoms with Gasteiger partial charge in [0.05, 0.1) is 11.4 Å². The van der Waals surface area contributed by atoms with E-state index in [0.717, 1.165) is 0 Å². The van der Waals surface area contributed by atoms with Crippen molar-refractivity contribution in [3.8, 4) is 0 Å². The van der Waals surface area contributed by atoms with Crippen molar-refractivity contribution in [1.29, 1.82) is 0 Å². The molecule has 0 aromatic heterocycles. The minimum atomic E-state index is -3.74. The molecule has 0 aliphatic rings. The second-order valence-electron chi connectivity index (χ2n) is 2.79. The highest BCUT2D eigenvalue weighted by Gasteiger charge is 2.13. The number of nitrogens with two attached hydrogens (primary N) is 2. The molecule has 0 heterocycles. The first kappa shape index (κ1) is 10.8. The molecule has 0 bridgehead atoms. The Labute approximate surface area is 83.2 Å². The monoisotopic (exact) mass is 215 g/mol. The standard InChI is InChI=1S/C8H13N3O2S/c1-2-11-6-4-3-5-7(8(6)9)14(10,12)13/h3-5,11H,2,9H2,1H3,(H2,10,12,13). The van der Waals surface area contributed by atoms with Gasteiger partial charge in [-0.15, -0.1) is 0 Å². The summed E-state index contributed by atoms with van der Waals surface area (Å²) in [6.07, 6.45) is 0. The molecule has 0 fully saturated rings. The molecule has 5 N–H and O–H groups in total. The van der Waals surface area contributed by atoms with Crippen molar-refractivity contribution in [2.24, 2.45) is 5.14 Å². The molecule has 0 spiro atoms. The first-order valence-electron chi connectivity index (χ1n) is 4.12. The Morgan fingerprint density at radius 3 is 2.57 bits per heavy atom. The molecule has 0 amide bonds. The SMILES string of the molecule is CCNc1cccc(S(N)(=O)=O)c1N. The molecule has 6 heteroatoms. The Balaban J connectivity index is 3.28. The normalized spacial score (nSPS) is 11.3. The van der Waals surface area contributed by atoms with Crippen molar-refractivity contribution < 1.29 is 8.42 Å². The lowest BCUT2D eigenvalue weighted by atomic mass is 10.2. The summed E-state index contributed by atoms with van der Waals surface area (Å²) in [5, 5.41) is 7.93. The van der Waals surface area contributed by atoms with E-state index in [-0.39, 0.29) is 10.6 Å². The van der Waals surface area contributed by atoms with Crippen molar-refractivity contribution in [2.75, 3.05) is 17.6 Å². The van der Waals surface area contributed by atoms with Crippen LogP contribution >= 0.6 is 0 Å². The number of nitrogens with one attached hydrogen (secondary N) is 1. The second-order valence-corrected chi connectivity index (χ2v) is 4.32. The zero-order valence-electron chi connectivity index (χ0n) is 7.82. The van der Waals surface area contributed by atoms with E-state index in [9.17, 15) is 8.42 Å². The molecule has 1 aromatic rings. The molecule has 0 aliphatic heterocycles. The van der Waals surface area contributed by atoms with Crippen molar-refractivity contribution >= 4 is 21.4 Å². The van der Waals surface area contributed by atoms with Gasteiger partial charge in [0.15, 0.2) is 0 Å². The summed E-state index contributed by atoms with van der Waals surface area (Å²) in [7, 11) is -3.74. The van der Waals surface area contributed by atoms with E-state index in [1.165, 1.54) is 6.07 Å². The van der Waals surface area contributed by atoms with E-state index >= 15 is 0 Å². The Bertz CT molecular complexity index is 428. The Kier molecular flexibility index (Phi) is 2.97. The number of anilines is 2. The number of primary sulfonamides is 1. The van der Waals surface area contributed by atoms with Crippen LogP contribution in [0.4, 0.5) is 11.4 Å². The third-order valence-electron chi connectivity index (χ3n) is 1.74. The van der Waals surface area contributed by atoms with Crippen LogP contribution in [0.25, 0.3) is 0 Å². The molecule has 78 valence electrons. The van der Waals surface area contributed by atoms with Crippen molar-refractivity contribution in [2.45, 2.75) is 11.8 Å². The summed E-state index contributed by atoms with van der Waals surface area (Å²) >= 11 is 0. The van der Waals surface area contributed by atoms with Crippen LogP contribution in [0.3, 0.4) is 0 Å². The summed E-state index contributed by atoms with van der Waals surface area (Å²) in [6, 6.07) is 4.67. The van der Waals surface area contributed by atoms with E-state index < -0.39 is 10.0 Å². The number of para-hydroxylation sites is 1. The largest absolute Gasteiger partial charge is 0.396 e. The van der Waals surface area contributed by atoms with Crippen molar-refractivity contribution in [1.82, 2.24) is 0 Å². The number of sulfonamides is 1. The van der Waals surface area contributed by atoms with Gasteiger partial charge in [-0.05, 0) is 19.1 Å². The number of nitrogen functional groups attached to an aromatic ring is 1. The predicted molar refractivity (Wildman–Crippen MR) is 56.4 cm³/mol. The van der Waals surface area contributed by atoms with Gasteiger partial charge >= 0.3 is 0 Å². The zero-order chi connectivity index (χ0) is 10.8. The highest BCUT2D eigenvalue weighted by Crippen LogP contribution is 2.25. The van der Waals surface area contributed by atoms with Gasteiger partial charge in [-0.1, -0.05) is 6.07 Å². The summed E-state index contributed by atoms with van der Waals surface area (Å²) < 4.78 is 22.2. The Morgan fingerprint density at radius 2 is 2.07 bits per heavy atom. The van der Waals surface area contributed by atoms with Crippen LogP contribution in [-0.4, -0.2) is 15.0 Å². The molecular weight excluding hydrogens is 202 g/mol. The molecule has 5 nitrogen and oxygen atoms in total. The molecule has 14 heavy (non-hydrogen) atoms. The zero-order valence-corrected chi connectivity index (χ0v) is 8.64. The van der Waals surface area contributed by atoms with Gasteiger partial charge in [0.2, 0.25) is 10.0 Å². The summed E-state index contributed by atoms with van der Waals surface area (Å²) in [5.74, 6) is 0. The fourth-order valence-electron chi connectivity index (χ4n) is 1.14. The average Bonchev–Trinajstić information content (AvgIpc) is 2.07. The van der Waals surface area contributed by atoms with Gasteiger partial charge in [-0.25, -0.2) is 13.6 Å². The number of benzene rings is 1. The van der Waals surface area contributed by atoms with Gasteiger partial charge in [0.1, 0.15) is 4.90 Å². The molecule has 1 aromatic carbocycles. The van der Waals surface area contributed by atoms with E-state index in [0.29, 0.717) is 12.2 Å². The Hall–Kier alpha value is -1.27. The first-order valence-corrected chi connectivity index (χ1v) is 5.66. The molecular formula is C8H13N3O2S. The smallest absolute Gasteiger partial charge is 0.240 e. The predicted octanol–water partition coefficient (Wildman–Crippen LogP) is 0.348. The van der Waals surface area contributed by atoms with Crippen LogP contribution in [0.2, 0.25) is 0 Å². The van der Waals surface area contributed by atoms with E-state index in [2.05, 4.69) is 5.32 Å². The second kappa shape index (κ2) is 3.85. The molecule has 0 atom stereocenters. The number of hydrogen-bond donors (Lipinski definition) is 3. The highest BCUT2D eigenvalue weighted by atomic mass is 32.2. The van der Waals surface area contributed by atoms with Crippen LogP contribution in [-0.2, 0) is 10.0 Å². The maximum Gasteiger partial charge on any atom is 0.240 e. The molecule has 1 rings (SSSR count). The highest BCUT2D eigenvalue weighted by molar-refractivity contribution is 7.89. The lowest BCUT2D eigenvalue weighted by Gasteiger charge is -2.09. The van der Waals surface area contributed by atoms with E-state index in [4.69, 9.17) is 10.9 Å². The van der Waals surface area contributed by atoms with Gasteiger partial charge in [-0.2, -0.15) is 0 Å². The fraction of sp³-hybridized carbons (Fsp3) is 0.250. The minimum absolute atomic E-state index is 0.0454. The third-order valence-corrected chi connectivity index (χ3v) is 2.71. The average molecular weight is 215 g/mol. The third kappa shape index (κ3) is 2.15. The topological polar surface area (TPSA) is 98.2 Å². The van der Waals surface area contributed by atoms with Crippen molar-refractivity contribution in [3.63, 3.8) is 0 Å². The van der Waals surface area contributed by atoms with Gasteiger partial charge in [-0.3, -0.25) is 0 Å². The van der Waals surface area contributed by atoms with Gasteiger partial charge in [0.25, 0.3) is 0 Å². The first-order chi connectivity index (χ1) is 6.46. The molecule has 0 saturated heterocycles. The van der Waals surface area contributed by atoms with E-state index in [1.807, 2.05) is 6.92 Å². The summed E-state index contributed by atoms with van der Waals surface area (Å²) in [6.45, 7) is 2.56. The molecule has 0 radical (unpaired) electrons. The maximum atomic E-state index is 11.1. The van der Waals surface area contributed by atoms with Crippen LogP contribution in [0.1, 0.15) is 6.92 Å². The van der Waals surface area contributed by atoms with Crippen LogP contribution < -0.4 is 16.2 Å². The lowest BCUT2D eigenvalue weighted by Crippen LogP contribution is -2.15. The van der Waals surface area contributed by atoms with Crippen LogP contribution in [0.15, 0.2) is 23.1 Å². The lowest BCUT2D eigenvalue weighted by molar-refractivity contribution is 0.598.